The molecule has 0 atom stereocenters. The lowest BCUT2D eigenvalue weighted by atomic mass is 10.4. The average Bonchev–Trinajstić information content (AvgIpc) is 2.95. The van der Waals surface area contributed by atoms with Crippen molar-refractivity contribution in [2.45, 2.75) is 20.0 Å². The number of aromatic carboxylic acids is 1. The summed E-state index contributed by atoms with van der Waals surface area (Å²) in [5, 5.41) is 11.7. The normalized spacial score (nSPS) is 10.4. The second-order valence-electron chi connectivity index (χ2n) is 3.96. The van der Waals surface area contributed by atoms with Crippen LogP contribution in [0.5, 0.6) is 0 Å². The maximum atomic E-state index is 11.8. The lowest BCUT2D eigenvalue weighted by Gasteiger charge is -2.07. The Balaban J connectivity index is 1.93. The molecule has 0 aromatic carbocycles. The Labute approximate surface area is 113 Å². The fourth-order valence-electron chi connectivity index (χ4n) is 1.63. The molecular formula is C12H13N3O3S. The number of carboxylic acids is 1. The zero-order valence-electron chi connectivity index (χ0n) is 10.3. The van der Waals surface area contributed by atoms with E-state index in [1.807, 2.05) is 6.92 Å². The highest BCUT2D eigenvalue weighted by Crippen LogP contribution is 2.11. The Kier molecular flexibility index (Phi) is 3.96. The van der Waals surface area contributed by atoms with Crippen molar-refractivity contribution < 1.29 is 14.7 Å². The summed E-state index contributed by atoms with van der Waals surface area (Å²) in [5.74, 6) is -1.28. The molecule has 2 heterocycles. The highest BCUT2D eigenvalue weighted by Gasteiger charge is 2.11. The number of carboxylic acid groups (broad SMARTS) is 1. The van der Waals surface area contributed by atoms with Crippen LogP contribution in [0.3, 0.4) is 0 Å². The monoisotopic (exact) mass is 279 g/mol. The molecule has 0 spiro atoms. The zero-order chi connectivity index (χ0) is 13.8. The van der Waals surface area contributed by atoms with Gasteiger partial charge in [-0.1, -0.05) is 0 Å². The van der Waals surface area contributed by atoms with Gasteiger partial charge in [-0.3, -0.25) is 4.79 Å². The number of carbonyl (C=O) groups is 2. The number of hydrogen-bond donors (Lipinski definition) is 2. The van der Waals surface area contributed by atoms with Crippen molar-refractivity contribution in [2.24, 2.45) is 0 Å². The van der Waals surface area contributed by atoms with E-state index in [0.717, 1.165) is 10.6 Å². The third-order valence-electron chi connectivity index (χ3n) is 2.65. The van der Waals surface area contributed by atoms with Crippen molar-refractivity contribution in [1.29, 1.82) is 0 Å². The number of thiazole rings is 1. The molecule has 0 unspecified atom stereocenters. The maximum Gasteiger partial charge on any atom is 0.352 e. The van der Waals surface area contributed by atoms with Gasteiger partial charge < -0.3 is 15.0 Å². The fraction of sp³-hybridized carbons (Fsp3) is 0.250. The third kappa shape index (κ3) is 3.19. The molecule has 1 amide bonds. The summed E-state index contributed by atoms with van der Waals surface area (Å²) in [6, 6.07) is 3.06. The van der Waals surface area contributed by atoms with Gasteiger partial charge in [-0.15, -0.1) is 11.3 Å². The SMILES string of the molecule is Cc1ncsc1CNC(=O)Cn1cccc1C(=O)O. The summed E-state index contributed by atoms with van der Waals surface area (Å²) in [6.45, 7) is 2.29. The average molecular weight is 279 g/mol. The van der Waals surface area contributed by atoms with Crippen LogP contribution in [0.25, 0.3) is 0 Å². The van der Waals surface area contributed by atoms with Gasteiger partial charge in [0.05, 0.1) is 17.7 Å². The second-order valence-corrected chi connectivity index (χ2v) is 4.90. The van der Waals surface area contributed by atoms with Crippen LogP contribution in [0.1, 0.15) is 21.1 Å². The van der Waals surface area contributed by atoms with E-state index >= 15 is 0 Å². The van der Waals surface area contributed by atoms with Crippen LogP contribution in [-0.4, -0.2) is 26.5 Å². The van der Waals surface area contributed by atoms with Crippen molar-refractivity contribution >= 4 is 23.2 Å². The minimum atomic E-state index is -1.05. The molecule has 0 radical (unpaired) electrons. The maximum absolute atomic E-state index is 11.8. The molecular weight excluding hydrogens is 266 g/mol. The summed E-state index contributed by atoms with van der Waals surface area (Å²) >= 11 is 1.48. The van der Waals surface area contributed by atoms with E-state index in [9.17, 15) is 9.59 Å². The van der Waals surface area contributed by atoms with E-state index in [2.05, 4.69) is 10.3 Å². The topological polar surface area (TPSA) is 84.2 Å². The lowest BCUT2D eigenvalue weighted by Crippen LogP contribution is -2.27. The molecule has 0 fully saturated rings. The number of hydrogen-bond acceptors (Lipinski definition) is 4. The molecule has 2 rings (SSSR count). The predicted molar refractivity (Wildman–Crippen MR) is 70.1 cm³/mol. The van der Waals surface area contributed by atoms with Gasteiger partial charge in [-0.25, -0.2) is 9.78 Å². The van der Waals surface area contributed by atoms with Crippen LogP contribution >= 0.6 is 11.3 Å². The number of amides is 1. The summed E-state index contributed by atoms with van der Waals surface area (Å²) in [5.41, 5.74) is 2.73. The molecule has 6 nitrogen and oxygen atoms in total. The first-order valence-corrected chi connectivity index (χ1v) is 6.50. The van der Waals surface area contributed by atoms with Crippen molar-refractivity contribution in [3.63, 3.8) is 0 Å². The lowest BCUT2D eigenvalue weighted by molar-refractivity contribution is -0.121. The van der Waals surface area contributed by atoms with Crippen molar-refractivity contribution in [3.05, 3.63) is 40.1 Å². The van der Waals surface area contributed by atoms with Crippen LogP contribution < -0.4 is 5.32 Å². The number of nitrogens with one attached hydrogen (secondary N) is 1. The van der Waals surface area contributed by atoms with Gasteiger partial charge in [-0.2, -0.15) is 0 Å². The van der Waals surface area contributed by atoms with Crippen LogP contribution in [0, 0.1) is 6.92 Å². The third-order valence-corrected chi connectivity index (χ3v) is 3.59. The minimum absolute atomic E-state index is 0.00746. The number of aryl methyl sites for hydroxylation is 1. The molecule has 2 aromatic heterocycles. The number of nitrogens with zero attached hydrogens (tertiary/aromatic N) is 2. The molecule has 0 bridgehead atoms. The van der Waals surface area contributed by atoms with Gasteiger partial charge in [0.1, 0.15) is 12.2 Å². The van der Waals surface area contributed by atoms with Crippen LogP contribution in [0.4, 0.5) is 0 Å². The van der Waals surface area contributed by atoms with Gasteiger partial charge in [0.2, 0.25) is 5.91 Å². The molecule has 0 aliphatic carbocycles. The van der Waals surface area contributed by atoms with E-state index in [0.29, 0.717) is 6.54 Å². The Morgan fingerprint density at radius 2 is 2.32 bits per heavy atom. The molecule has 2 N–H and O–H groups in total. The van der Waals surface area contributed by atoms with Crippen LogP contribution in [-0.2, 0) is 17.9 Å². The standard InChI is InChI=1S/C12H13N3O3S/c1-8-10(19-7-14-8)5-13-11(16)6-15-4-2-3-9(15)12(17)18/h2-4,7H,5-6H2,1H3,(H,13,16)(H,17,18). The fourth-order valence-corrected chi connectivity index (χ4v) is 2.35. The predicted octanol–water partition coefficient (Wildman–Crippen LogP) is 1.27. The number of carbonyl (C=O) groups excluding carboxylic acids is 1. The molecule has 7 heteroatoms. The van der Waals surface area contributed by atoms with E-state index in [1.54, 1.807) is 17.8 Å². The minimum Gasteiger partial charge on any atom is -0.477 e. The zero-order valence-corrected chi connectivity index (χ0v) is 11.1. The summed E-state index contributed by atoms with van der Waals surface area (Å²) in [7, 11) is 0. The summed E-state index contributed by atoms with van der Waals surface area (Å²) < 4.78 is 1.40. The highest BCUT2D eigenvalue weighted by molar-refractivity contribution is 7.09. The Morgan fingerprint density at radius 1 is 1.53 bits per heavy atom. The molecule has 0 aliphatic rings. The Bertz CT molecular complexity index is 603. The number of aromatic nitrogens is 2. The van der Waals surface area contributed by atoms with Crippen LogP contribution in [0.2, 0.25) is 0 Å². The Hall–Kier alpha value is -2.15. The second kappa shape index (κ2) is 5.66. The van der Waals surface area contributed by atoms with Gasteiger partial charge in [0.15, 0.2) is 0 Å². The Morgan fingerprint density at radius 3 is 2.95 bits per heavy atom. The molecule has 2 aromatic rings. The molecule has 0 saturated heterocycles. The molecule has 0 aliphatic heterocycles. The van der Waals surface area contributed by atoms with E-state index < -0.39 is 5.97 Å². The van der Waals surface area contributed by atoms with Crippen molar-refractivity contribution in [2.75, 3.05) is 0 Å². The van der Waals surface area contributed by atoms with Gasteiger partial charge >= 0.3 is 5.97 Å². The van der Waals surface area contributed by atoms with E-state index in [1.165, 1.54) is 22.0 Å². The number of rotatable bonds is 5. The first-order chi connectivity index (χ1) is 9.08. The quantitative estimate of drug-likeness (QED) is 0.863. The highest BCUT2D eigenvalue weighted by atomic mass is 32.1. The van der Waals surface area contributed by atoms with E-state index in [-0.39, 0.29) is 18.1 Å². The summed E-state index contributed by atoms with van der Waals surface area (Å²) in [6.07, 6.45) is 1.57. The molecule has 0 saturated carbocycles. The molecule has 19 heavy (non-hydrogen) atoms. The molecule has 100 valence electrons. The van der Waals surface area contributed by atoms with Gasteiger partial charge in [0.25, 0.3) is 0 Å². The first kappa shape index (κ1) is 13.3. The largest absolute Gasteiger partial charge is 0.477 e. The van der Waals surface area contributed by atoms with Crippen LogP contribution in [0.15, 0.2) is 23.8 Å². The van der Waals surface area contributed by atoms with Crippen molar-refractivity contribution in [1.82, 2.24) is 14.9 Å². The van der Waals surface area contributed by atoms with Gasteiger partial charge in [-0.05, 0) is 19.1 Å². The van der Waals surface area contributed by atoms with E-state index in [4.69, 9.17) is 5.11 Å². The smallest absolute Gasteiger partial charge is 0.352 e. The van der Waals surface area contributed by atoms with Gasteiger partial charge in [0, 0.05) is 11.1 Å². The summed E-state index contributed by atoms with van der Waals surface area (Å²) in [4.78, 5) is 27.7. The van der Waals surface area contributed by atoms with Crippen molar-refractivity contribution in [3.8, 4) is 0 Å². The first-order valence-electron chi connectivity index (χ1n) is 5.62.